The highest BCUT2D eigenvalue weighted by Gasteiger charge is 2.26. The number of aromatic nitrogens is 2. The number of carbonyl (C=O) groups is 2. The van der Waals surface area contributed by atoms with Crippen LogP contribution in [0.15, 0.2) is 28.8 Å². The number of rotatable bonds is 4. The van der Waals surface area contributed by atoms with Crippen LogP contribution < -0.4 is 5.32 Å². The molecule has 2 aromatic heterocycles. The van der Waals surface area contributed by atoms with Gasteiger partial charge in [-0.25, -0.2) is 14.2 Å². The van der Waals surface area contributed by atoms with Crippen LogP contribution in [0.4, 0.5) is 4.39 Å². The Morgan fingerprint density at radius 2 is 1.96 bits per heavy atom. The molecule has 2 N–H and O–H groups in total. The number of nitrogens with zero attached hydrogens (tertiary/aromatic N) is 2. The first kappa shape index (κ1) is 17.5. The van der Waals surface area contributed by atoms with Gasteiger partial charge in [-0.05, 0) is 44.0 Å². The van der Waals surface area contributed by atoms with Crippen LogP contribution in [0.25, 0.3) is 11.1 Å². The summed E-state index contributed by atoms with van der Waals surface area (Å²) in [5.41, 5.74) is 1.99. The fourth-order valence-corrected chi connectivity index (χ4v) is 2.74. The Bertz CT molecular complexity index is 1030. The smallest absolute Gasteiger partial charge is 0.330 e. The molecule has 0 saturated heterocycles. The molecule has 26 heavy (non-hydrogen) atoms. The number of hydrogen-bond donors (Lipinski definition) is 2. The molecule has 0 radical (unpaired) electrons. The lowest BCUT2D eigenvalue weighted by Crippen LogP contribution is -2.34. The lowest BCUT2D eigenvalue weighted by molar-refractivity contribution is -0.139. The zero-order valence-electron chi connectivity index (χ0n) is 14.3. The largest absolute Gasteiger partial charge is 0.479 e. The number of halogens is 1. The summed E-state index contributed by atoms with van der Waals surface area (Å²) in [6, 6.07) is 4.11. The number of aliphatic carboxylic acids is 1. The third-order valence-corrected chi connectivity index (χ3v) is 4.03. The summed E-state index contributed by atoms with van der Waals surface area (Å²) in [4.78, 5) is 28.6. The SMILES string of the molecule is Cc1cc(C(=O)NC(C(=O)O)c2ccc(F)c(C)c2)c2c(C)noc2n1. The third-order valence-electron chi connectivity index (χ3n) is 4.03. The highest BCUT2D eigenvalue weighted by molar-refractivity contribution is 6.07. The number of pyridine rings is 1. The molecule has 2 heterocycles. The molecule has 0 saturated carbocycles. The highest BCUT2D eigenvalue weighted by Crippen LogP contribution is 2.23. The van der Waals surface area contributed by atoms with Gasteiger partial charge in [0, 0.05) is 5.69 Å². The lowest BCUT2D eigenvalue weighted by Gasteiger charge is -2.16. The molecule has 0 spiro atoms. The number of hydrogen-bond acceptors (Lipinski definition) is 5. The van der Waals surface area contributed by atoms with Crippen LogP contribution in [0.2, 0.25) is 0 Å². The van der Waals surface area contributed by atoms with E-state index in [4.69, 9.17) is 4.52 Å². The van der Waals surface area contributed by atoms with Crippen molar-refractivity contribution < 1.29 is 23.6 Å². The van der Waals surface area contributed by atoms with Crippen LogP contribution in [0.1, 0.15) is 38.9 Å². The predicted molar refractivity (Wildman–Crippen MR) is 90.3 cm³/mol. The van der Waals surface area contributed by atoms with Gasteiger partial charge >= 0.3 is 5.97 Å². The molecule has 1 aromatic carbocycles. The molecule has 0 bridgehead atoms. The van der Waals surface area contributed by atoms with Crippen LogP contribution in [-0.4, -0.2) is 27.1 Å². The first-order chi connectivity index (χ1) is 12.3. The van der Waals surface area contributed by atoms with Gasteiger partial charge in [0.05, 0.1) is 16.6 Å². The standard InChI is InChI=1S/C18H16FN3O4/c1-8-6-11(4-5-13(8)19)15(18(24)25)21-16(23)12-7-9(2)20-17-14(12)10(3)22-26-17/h4-7,15H,1-3H3,(H,21,23)(H,24,25). The number of nitrogens with one attached hydrogen (secondary N) is 1. The molecule has 0 aliphatic rings. The van der Waals surface area contributed by atoms with Crippen molar-refractivity contribution in [2.45, 2.75) is 26.8 Å². The van der Waals surface area contributed by atoms with Crippen LogP contribution in [-0.2, 0) is 4.79 Å². The maximum atomic E-state index is 13.5. The topological polar surface area (TPSA) is 105 Å². The van der Waals surface area contributed by atoms with E-state index in [0.717, 1.165) is 0 Å². The summed E-state index contributed by atoms with van der Waals surface area (Å²) in [6.07, 6.45) is 0. The Labute approximate surface area is 147 Å². The monoisotopic (exact) mass is 357 g/mol. The van der Waals surface area contributed by atoms with Gasteiger partial charge in [0.25, 0.3) is 11.6 Å². The van der Waals surface area contributed by atoms with Crippen molar-refractivity contribution in [2.75, 3.05) is 0 Å². The van der Waals surface area contributed by atoms with Crippen LogP contribution >= 0.6 is 0 Å². The third kappa shape index (κ3) is 3.13. The summed E-state index contributed by atoms with van der Waals surface area (Å²) in [7, 11) is 0. The van der Waals surface area contributed by atoms with Gasteiger partial charge in [-0.1, -0.05) is 17.3 Å². The number of fused-ring (bicyclic) bond motifs is 1. The summed E-state index contributed by atoms with van der Waals surface area (Å²) in [5, 5.41) is 16.2. The van der Waals surface area contributed by atoms with Gasteiger partial charge in [-0.3, -0.25) is 4.79 Å². The van der Waals surface area contributed by atoms with Gasteiger partial charge in [-0.2, -0.15) is 0 Å². The Hall–Kier alpha value is -3.29. The number of amides is 1. The van der Waals surface area contributed by atoms with Crippen molar-refractivity contribution in [2.24, 2.45) is 0 Å². The minimum atomic E-state index is -1.33. The van der Waals surface area contributed by atoms with Crippen molar-refractivity contribution in [3.63, 3.8) is 0 Å². The predicted octanol–water partition coefficient (Wildman–Crippen LogP) is 2.84. The van der Waals surface area contributed by atoms with Crippen molar-refractivity contribution in [3.8, 4) is 0 Å². The van der Waals surface area contributed by atoms with Gasteiger partial charge in [0.1, 0.15) is 5.82 Å². The maximum absolute atomic E-state index is 13.5. The first-order valence-corrected chi connectivity index (χ1v) is 7.81. The van der Waals surface area contributed by atoms with Crippen molar-refractivity contribution in [1.82, 2.24) is 15.5 Å². The summed E-state index contributed by atoms with van der Waals surface area (Å²) >= 11 is 0. The minimum absolute atomic E-state index is 0.206. The second kappa shape index (κ2) is 6.55. The number of carboxylic acids is 1. The number of carboxylic acid groups (broad SMARTS) is 1. The molecule has 0 fully saturated rings. The summed E-state index contributed by atoms with van der Waals surface area (Å²) in [6.45, 7) is 4.87. The maximum Gasteiger partial charge on any atom is 0.330 e. The quantitative estimate of drug-likeness (QED) is 0.744. The zero-order valence-corrected chi connectivity index (χ0v) is 14.3. The lowest BCUT2D eigenvalue weighted by atomic mass is 10.0. The fourth-order valence-electron chi connectivity index (χ4n) is 2.74. The van der Waals surface area contributed by atoms with E-state index in [1.54, 1.807) is 13.8 Å². The number of benzene rings is 1. The summed E-state index contributed by atoms with van der Waals surface area (Å²) in [5.74, 6) is -2.31. The van der Waals surface area contributed by atoms with E-state index >= 15 is 0 Å². The Morgan fingerprint density at radius 1 is 1.23 bits per heavy atom. The molecular formula is C18H16FN3O4. The molecule has 3 aromatic rings. The van der Waals surface area contributed by atoms with Gasteiger partial charge in [0.15, 0.2) is 6.04 Å². The van der Waals surface area contributed by atoms with E-state index in [0.29, 0.717) is 22.3 Å². The normalized spacial score (nSPS) is 12.2. The van der Waals surface area contributed by atoms with Crippen LogP contribution in [0, 0.1) is 26.6 Å². The van der Waals surface area contributed by atoms with Crippen molar-refractivity contribution >= 4 is 23.0 Å². The average molecular weight is 357 g/mol. The van der Waals surface area contributed by atoms with Crippen molar-refractivity contribution in [1.29, 1.82) is 0 Å². The van der Waals surface area contributed by atoms with Gasteiger partial charge in [0.2, 0.25) is 0 Å². The molecule has 8 heteroatoms. The van der Waals surface area contributed by atoms with E-state index in [1.807, 2.05) is 0 Å². The minimum Gasteiger partial charge on any atom is -0.479 e. The second-order valence-electron chi connectivity index (χ2n) is 6.01. The molecule has 0 aliphatic heterocycles. The molecule has 134 valence electrons. The molecule has 3 rings (SSSR count). The van der Waals surface area contributed by atoms with Crippen LogP contribution in [0.3, 0.4) is 0 Å². The Morgan fingerprint density at radius 3 is 2.62 bits per heavy atom. The molecule has 0 aliphatic carbocycles. The van der Waals surface area contributed by atoms with E-state index in [2.05, 4.69) is 15.5 Å². The van der Waals surface area contributed by atoms with Gasteiger partial charge < -0.3 is 14.9 Å². The molecule has 1 atom stereocenters. The molecular weight excluding hydrogens is 341 g/mol. The van der Waals surface area contributed by atoms with E-state index in [9.17, 15) is 19.1 Å². The highest BCUT2D eigenvalue weighted by atomic mass is 19.1. The number of carbonyl (C=O) groups excluding carboxylic acids is 1. The zero-order chi connectivity index (χ0) is 19.0. The van der Waals surface area contributed by atoms with Crippen molar-refractivity contribution in [3.05, 3.63) is 58.2 Å². The summed E-state index contributed by atoms with van der Waals surface area (Å²) < 4.78 is 18.5. The molecule has 1 unspecified atom stereocenters. The number of aryl methyl sites for hydroxylation is 3. The van der Waals surface area contributed by atoms with E-state index < -0.39 is 23.7 Å². The Kier molecular flexibility index (Phi) is 4.41. The van der Waals surface area contributed by atoms with E-state index in [-0.39, 0.29) is 16.8 Å². The Balaban J connectivity index is 2.00. The molecule has 7 nitrogen and oxygen atoms in total. The second-order valence-corrected chi connectivity index (χ2v) is 6.01. The fraction of sp³-hybridized carbons (Fsp3) is 0.222. The van der Waals surface area contributed by atoms with Gasteiger partial charge in [-0.15, -0.1) is 0 Å². The van der Waals surface area contributed by atoms with E-state index in [1.165, 1.54) is 31.2 Å². The molecule has 1 amide bonds. The first-order valence-electron chi connectivity index (χ1n) is 7.81. The average Bonchev–Trinajstić information content (AvgIpc) is 2.95. The van der Waals surface area contributed by atoms with Crippen LogP contribution in [0.5, 0.6) is 0 Å².